The number of carbonyl (C=O) groups is 3. The van der Waals surface area contributed by atoms with Crippen LogP contribution in [0.25, 0.3) is 0 Å². The van der Waals surface area contributed by atoms with Crippen molar-refractivity contribution in [3.05, 3.63) is 0 Å². The molecule has 0 spiro atoms. The molecule has 1 atom stereocenters. The van der Waals surface area contributed by atoms with Crippen molar-refractivity contribution in [3.63, 3.8) is 0 Å². The van der Waals surface area contributed by atoms with E-state index in [0.29, 0.717) is 12.2 Å². The lowest BCUT2D eigenvalue weighted by molar-refractivity contribution is -0.167. The average Bonchev–Trinajstić information content (AvgIpc) is 2.39. The molecule has 1 fully saturated rings. The van der Waals surface area contributed by atoms with Crippen molar-refractivity contribution in [1.29, 1.82) is 0 Å². The maximum Gasteiger partial charge on any atom is 0.408 e. The second kappa shape index (κ2) is 9.31. The lowest BCUT2D eigenvalue weighted by atomic mass is 9.78. The summed E-state index contributed by atoms with van der Waals surface area (Å²) in [5, 5.41) is 11.6. The molecular formula is C17H29NO6S. The van der Waals surface area contributed by atoms with Gasteiger partial charge in [-0.3, -0.25) is 4.79 Å². The first-order chi connectivity index (χ1) is 11.5. The quantitative estimate of drug-likeness (QED) is 0.472. The Morgan fingerprint density at radius 3 is 2.32 bits per heavy atom. The van der Waals surface area contributed by atoms with Crippen molar-refractivity contribution in [2.45, 2.75) is 77.0 Å². The molecule has 8 heteroatoms. The number of hydrogen-bond acceptors (Lipinski definition) is 6. The molecule has 0 saturated heterocycles. The van der Waals surface area contributed by atoms with Gasteiger partial charge in [0.2, 0.25) is 0 Å². The molecule has 1 amide bonds. The fourth-order valence-electron chi connectivity index (χ4n) is 2.55. The van der Waals surface area contributed by atoms with E-state index in [1.165, 1.54) is 6.92 Å². The van der Waals surface area contributed by atoms with Gasteiger partial charge < -0.3 is 19.9 Å². The van der Waals surface area contributed by atoms with E-state index in [9.17, 15) is 19.5 Å². The standard InChI is InChI=1S/C17H29NO6S/c1-12(19)23-17(7-5-8-17)9-11-25-10-6-13(14(20)21)18-15(22)24-16(2,3)4/h13H,5-11H2,1-4H3,(H,18,22)(H,20,21)/t13-/m0/s1. The Bertz CT molecular complexity index is 484. The third kappa shape index (κ3) is 8.47. The smallest absolute Gasteiger partial charge is 0.408 e. The van der Waals surface area contributed by atoms with Gasteiger partial charge in [-0.15, -0.1) is 0 Å². The van der Waals surface area contributed by atoms with Crippen LogP contribution in [0, 0.1) is 0 Å². The van der Waals surface area contributed by atoms with E-state index in [0.717, 1.165) is 31.4 Å². The summed E-state index contributed by atoms with van der Waals surface area (Å²) in [7, 11) is 0. The van der Waals surface area contributed by atoms with E-state index < -0.39 is 23.7 Å². The summed E-state index contributed by atoms with van der Waals surface area (Å²) in [4.78, 5) is 34.1. The molecule has 1 saturated carbocycles. The number of carbonyl (C=O) groups excluding carboxylic acids is 2. The van der Waals surface area contributed by atoms with E-state index in [2.05, 4.69) is 5.32 Å². The lowest BCUT2D eigenvalue weighted by Gasteiger charge is -2.40. The summed E-state index contributed by atoms with van der Waals surface area (Å²) in [6.07, 6.45) is 3.21. The van der Waals surface area contributed by atoms with Gasteiger partial charge in [-0.1, -0.05) is 0 Å². The summed E-state index contributed by atoms with van der Waals surface area (Å²) in [6.45, 7) is 6.58. The van der Waals surface area contributed by atoms with Crippen molar-refractivity contribution in [3.8, 4) is 0 Å². The first-order valence-corrected chi connectivity index (χ1v) is 9.68. The van der Waals surface area contributed by atoms with Crippen LogP contribution in [0.15, 0.2) is 0 Å². The predicted molar refractivity (Wildman–Crippen MR) is 95.7 cm³/mol. The molecule has 1 rings (SSSR count). The molecular weight excluding hydrogens is 346 g/mol. The van der Waals surface area contributed by atoms with E-state index >= 15 is 0 Å². The molecule has 0 aromatic rings. The zero-order valence-corrected chi connectivity index (χ0v) is 16.2. The minimum absolute atomic E-state index is 0.253. The maximum atomic E-state index is 11.7. The van der Waals surface area contributed by atoms with Crippen molar-refractivity contribution in [2.75, 3.05) is 11.5 Å². The minimum atomic E-state index is -1.08. The zero-order chi connectivity index (χ0) is 19.1. The molecule has 1 aliphatic rings. The van der Waals surface area contributed by atoms with Gasteiger partial charge in [0.15, 0.2) is 0 Å². The number of rotatable bonds is 9. The molecule has 2 N–H and O–H groups in total. The number of carboxylic acids is 1. The average molecular weight is 375 g/mol. The van der Waals surface area contributed by atoms with E-state index in [-0.39, 0.29) is 11.6 Å². The molecule has 0 aromatic heterocycles. The van der Waals surface area contributed by atoms with Crippen LogP contribution in [0.5, 0.6) is 0 Å². The molecule has 0 heterocycles. The van der Waals surface area contributed by atoms with Crippen LogP contribution in [-0.2, 0) is 19.1 Å². The van der Waals surface area contributed by atoms with Crippen LogP contribution in [0.3, 0.4) is 0 Å². The van der Waals surface area contributed by atoms with Gasteiger partial charge in [0.05, 0.1) is 0 Å². The maximum absolute atomic E-state index is 11.7. The number of esters is 1. The number of nitrogens with one attached hydrogen (secondary N) is 1. The van der Waals surface area contributed by atoms with Crippen molar-refractivity contribution >= 4 is 29.8 Å². The number of thioether (sulfide) groups is 1. The fraction of sp³-hybridized carbons (Fsp3) is 0.824. The number of alkyl carbamates (subject to hydrolysis) is 1. The molecule has 1 aliphatic carbocycles. The van der Waals surface area contributed by atoms with Crippen LogP contribution >= 0.6 is 11.8 Å². The van der Waals surface area contributed by atoms with Crippen LogP contribution in [-0.4, -0.2) is 51.9 Å². The van der Waals surface area contributed by atoms with Crippen LogP contribution < -0.4 is 5.32 Å². The topological polar surface area (TPSA) is 102 Å². The highest BCUT2D eigenvalue weighted by Gasteiger charge is 2.39. The number of ether oxygens (including phenoxy) is 2. The Morgan fingerprint density at radius 2 is 1.88 bits per heavy atom. The molecule has 0 aromatic carbocycles. The summed E-state index contributed by atoms with van der Waals surface area (Å²) in [5.74, 6) is 0.0358. The van der Waals surface area contributed by atoms with Gasteiger partial charge in [0.25, 0.3) is 0 Å². The van der Waals surface area contributed by atoms with Crippen molar-refractivity contribution in [2.24, 2.45) is 0 Å². The Morgan fingerprint density at radius 1 is 1.24 bits per heavy atom. The first-order valence-electron chi connectivity index (χ1n) is 8.53. The molecule has 25 heavy (non-hydrogen) atoms. The Balaban J connectivity index is 2.30. The number of carboxylic acid groups (broad SMARTS) is 1. The van der Waals surface area contributed by atoms with Crippen molar-refractivity contribution in [1.82, 2.24) is 5.32 Å². The molecule has 0 bridgehead atoms. The largest absolute Gasteiger partial charge is 0.480 e. The third-order valence-electron chi connectivity index (χ3n) is 3.87. The normalized spacial score (nSPS) is 17.1. The fourth-order valence-corrected chi connectivity index (χ4v) is 3.67. The second-order valence-corrected chi connectivity index (χ2v) is 8.54. The Hall–Kier alpha value is -1.44. The molecule has 0 radical (unpaired) electrons. The number of hydrogen-bond donors (Lipinski definition) is 2. The highest BCUT2D eigenvalue weighted by molar-refractivity contribution is 7.99. The predicted octanol–water partition coefficient (Wildman–Crippen LogP) is 2.96. The van der Waals surface area contributed by atoms with Gasteiger partial charge in [-0.05, 0) is 64.4 Å². The Kier molecular flexibility index (Phi) is 8.05. The summed E-state index contributed by atoms with van der Waals surface area (Å²) in [5.41, 5.74) is -0.991. The van der Waals surface area contributed by atoms with Gasteiger partial charge in [-0.2, -0.15) is 11.8 Å². The van der Waals surface area contributed by atoms with Gasteiger partial charge in [0, 0.05) is 6.92 Å². The van der Waals surface area contributed by atoms with Gasteiger partial charge in [-0.25, -0.2) is 9.59 Å². The first kappa shape index (κ1) is 21.6. The molecule has 0 aliphatic heterocycles. The zero-order valence-electron chi connectivity index (χ0n) is 15.4. The molecule has 0 unspecified atom stereocenters. The number of aliphatic carboxylic acids is 1. The van der Waals surface area contributed by atoms with Gasteiger partial charge in [0.1, 0.15) is 17.2 Å². The van der Waals surface area contributed by atoms with Crippen LogP contribution in [0.2, 0.25) is 0 Å². The van der Waals surface area contributed by atoms with Crippen LogP contribution in [0.1, 0.15) is 59.8 Å². The minimum Gasteiger partial charge on any atom is -0.480 e. The van der Waals surface area contributed by atoms with E-state index in [4.69, 9.17) is 9.47 Å². The summed E-state index contributed by atoms with van der Waals surface area (Å²) in [6, 6.07) is -0.978. The second-order valence-electron chi connectivity index (χ2n) is 7.32. The Labute approximate surface area is 153 Å². The summed E-state index contributed by atoms with van der Waals surface area (Å²) >= 11 is 1.60. The van der Waals surface area contributed by atoms with Gasteiger partial charge >= 0.3 is 18.0 Å². The molecule has 7 nitrogen and oxygen atoms in total. The SMILES string of the molecule is CC(=O)OC1(CCSCC[C@H](NC(=O)OC(C)(C)C)C(=O)O)CCC1. The van der Waals surface area contributed by atoms with Crippen molar-refractivity contribution < 1.29 is 29.0 Å². The lowest BCUT2D eigenvalue weighted by Crippen LogP contribution is -2.43. The van der Waals surface area contributed by atoms with E-state index in [1.807, 2.05) is 0 Å². The van der Waals surface area contributed by atoms with Crippen LogP contribution in [0.4, 0.5) is 4.79 Å². The highest BCUT2D eigenvalue weighted by Crippen LogP contribution is 2.39. The molecule has 144 valence electrons. The monoisotopic (exact) mass is 375 g/mol. The van der Waals surface area contributed by atoms with E-state index in [1.54, 1.807) is 32.5 Å². The highest BCUT2D eigenvalue weighted by atomic mass is 32.2. The third-order valence-corrected chi connectivity index (χ3v) is 4.88. The number of amides is 1. The summed E-state index contributed by atoms with van der Waals surface area (Å²) < 4.78 is 10.5.